The monoisotopic (exact) mass is 848 g/mol. The van der Waals surface area contributed by atoms with Gasteiger partial charge in [0.2, 0.25) is 0 Å². The lowest BCUT2D eigenvalue weighted by molar-refractivity contribution is -0.142. The number of esters is 1. The Bertz CT molecular complexity index is 2460. The SMILES string of the molecule is CCOC(=O)CN[C@@H](Cc1ccc(F)c(F)c1)C(=O)Cc1cccc(-c2ccncc2)c1.O=C(O)CN[C@@H](Cc1ccc(F)c(F)c1)C(=O)Cc1cccc(-c2ccncc2)c1. The van der Waals surface area contributed by atoms with Crippen molar-refractivity contribution in [3.05, 3.63) is 180 Å². The van der Waals surface area contributed by atoms with Gasteiger partial charge in [0.15, 0.2) is 34.8 Å². The quantitative estimate of drug-likeness (QED) is 0.0560. The number of halogens is 4. The number of carbonyl (C=O) groups is 4. The molecule has 2 atom stereocenters. The van der Waals surface area contributed by atoms with E-state index in [0.717, 1.165) is 57.6 Å². The summed E-state index contributed by atoms with van der Waals surface area (Å²) in [6.45, 7) is 1.34. The normalized spacial score (nSPS) is 11.8. The maximum atomic E-state index is 13.6. The van der Waals surface area contributed by atoms with Gasteiger partial charge in [-0.2, -0.15) is 0 Å². The van der Waals surface area contributed by atoms with E-state index in [9.17, 15) is 36.7 Å². The molecule has 0 aliphatic rings. The lowest BCUT2D eigenvalue weighted by atomic mass is 9.96. The minimum atomic E-state index is -1.11. The van der Waals surface area contributed by atoms with Gasteiger partial charge in [-0.25, -0.2) is 17.6 Å². The van der Waals surface area contributed by atoms with E-state index in [1.165, 1.54) is 12.1 Å². The fourth-order valence-corrected chi connectivity index (χ4v) is 6.49. The highest BCUT2D eigenvalue weighted by atomic mass is 19.2. The van der Waals surface area contributed by atoms with E-state index in [1.807, 2.05) is 72.8 Å². The van der Waals surface area contributed by atoms with E-state index >= 15 is 0 Å². The average Bonchev–Trinajstić information content (AvgIpc) is 3.27. The van der Waals surface area contributed by atoms with Gasteiger partial charge in [-0.05, 0) is 113 Å². The van der Waals surface area contributed by atoms with Gasteiger partial charge in [-0.1, -0.05) is 60.7 Å². The number of hydrogen-bond donors (Lipinski definition) is 3. The molecule has 14 heteroatoms. The lowest BCUT2D eigenvalue weighted by Gasteiger charge is -2.18. The Hall–Kier alpha value is -6.90. The van der Waals surface area contributed by atoms with Crippen LogP contribution in [-0.4, -0.2) is 70.4 Å². The van der Waals surface area contributed by atoms with Crippen molar-refractivity contribution in [3.8, 4) is 22.3 Å². The molecule has 3 N–H and O–H groups in total. The largest absolute Gasteiger partial charge is 0.480 e. The predicted octanol–water partition coefficient (Wildman–Crippen LogP) is 7.33. The molecule has 10 nitrogen and oxygen atoms in total. The Labute approximate surface area is 356 Å². The number of Topliss-reactive ketones (excluding diaryl/α,β-unsaturated/α-hetero) is 2. The molecule has 4 aromatic carbocycles. The number of carbonyl (C=O) groups excluding carboxylic acids is 3. The lowest BCUT2D eigenvalue weighted by Crippen LogP contribution is -2.42. The zero-order chi connectivity index (χ0) is 44.4. The Balaban J connectivity index is 0.000000235. The molecule has 6 aromatic rings. The van der Waals surface area contributed by atoms with E-state index in [4.69, 9.17) is 9.84 Å². The number of nitrogens with zero attached hydrogens (tertiary/aromatic N) is 2. The number of rotatable bonds is 19. The standard InChI is InChI=1S/C25H24F2N2O3.C23H20F2N2O3/c1-2-32-25(31)16-29-23(14-18-6-7-21(26)22(27)13-18)24(30)15-17-4-3-5-20(12-17)19-8-10-28-11-9-19;24-19-5-4-16(11-20(19)25)12-21(27-14-23(29)30)22(28)13-15-2-1-3-18(10-15)17-6-8-26-9-7-17/h3-13,23,29H,2,14-16H2,1H3;1-11,21,27H,12-14H2,(H,29,30)/t23-;21-/m00/s1. The molecule has 0 saturated heterocycles. The van der Waals surface area contributed by atoms with Gasteiger partial charge in [0, 0.05) is 37.6 Å². The third kappa shape index (κ3) is 14.4. The summed E-state index contributed by atoms with van der Waals surface area (Å²) < 4.78 is 58.5. The van der Waals surface area contributed by atoms with Crippen molar-refractivity contribution >= 4 is 23.5 Å². The van der Waals surface area contributed by atoms with Crippen LogP contribution in [0.2, 0.25) is 0 Å². The van der Waals surface area contributed by atoms with Gasteiger partial charge in [0.1, 0.15) is 0 Å². The molecule has 2 aromatic heterocycles. The van der Waals surface area contributed by atoms with Crippen LogP contribution in [0.15, 0.2) is 134 Å². The van der Waals surface area contributed by atoms with Crippen LogP contribution in [0.25, 0.3) is 22.3 Å². The average molecular weight is 849 g/mol. The second-order valence-corrected chi connectivity index (χ2v) is 14.1. The molecule has 6 rings (SSSR count). The molecule has 0 fully saturated rings. The Kier molecular flexibility index (Phi) is 17.3. The van der Waals surface area contributed by atoms with Crippen LogP contribution in [0.3, 0.4) is 0 Å². The third-order valence-corrected chi connectivity index (χ3v) is 9.56. The van der Waals surface area contributed by atoms with Crippen LogP contribution in [0.4, 0.5) is 17.6 Å². The van der Waals surface area contributed by atoms with Crippen molar-refractivity contribution in [2.24, 2.45) is 0 Å². The van der Waals surface area contributed by atoms with E-state index in [0.29, 0.717) is 11.1 Å². The zero-order valence-electron chi connectivity index (χ0n) is 33.7. The van der Waals surface area contributed by atoms with Crippen molar-refractivity contribution in [1.29, 1.82) is 0 Å². The van der Waals surface area contributed by atoms with E-state index in [1.54, 1.807) is 31.7 Å². The first-order valence-corrected chi connectivity index (χ1v) is 19.6. The minimum Gasteiger partial charge on any atom is -0.480 e. The summed E-state index contributed by atoms with van der Waals surface area (Å²) in [5.74, 6) is -5.95. The van der Waals surface area contributed by atoms with Crippen LogP contribution in [0.5, 0.6) is 0 Å². The molecule has 0 bridgehead atoms. The molecular formula is C48H44F4N4O6. The topological polar surface area (TPSA) is 148 Å². The summed E-state index contributed by atoms with van der Waals surface area (Å²) in [5, 5.41) is 14.6. The first kappa shape index (κ1) is 46.2. The van der Waals surface area contributed by atoms with Crippen molar-refractivity contribution in [1.82, 2.24) is 20.6 Å². The number of ether oxygens (including phenoxy) is 1. The van der Waals surface area contributed by atoms with Crippen molar-refractivity contribution < 1.29 is 46.6 Å². The van der Waals surface area contributed by atoms with Gasteiger partial charge in [-0.15, -0.1) is 0 Å². The van der Waals surface area contributed by atoms with Crippen LogP contribution in [0.1, 0.15) is 29.2 Å². The Morgan fingerprint density at radius 1 is 0.548 bits per heavy atom. The highest BCUT2D eigenvalue weighted by Crippen LogP contribution is 2.22. The fourth-order valence-electron chi connectivity index (χ4n) is 6.49. The first-order chi connectivity index (χ1) is 29.9. The van der Waals surface area contributed by atoms with Gasteiger partial charge < -0.3 is 9.84 Å². The van der Waals surface area contributed by atoms with E-state index in [-0.39, 0.29) is 50.4 Å². The minimum absolute atomic E-state index is 0.0490. The molecule has 2 heterocycles. The molecule has 62 heavy (non-hydrogen) atoms. The highest BCUT2D eigenvalue weighted by molar-refractivity contribution is 5.88. The van der Waals surface area contributed by atoms with E-state index < -0.39 is 53.8 Å². The van der Waals surface area contributed by atoms with Crippen LogP contribution >= 0.6 is 0 Å². The second-order valence-electron chi connectivity index (χ2n) is 14.1. The molecule has 0 spiro atoms. The number of carboxylic acids is 1. The first-order valence-electron chi connectivity index (χ1n) is 19.6. The number of aromatic nitrogens is 2. The van der Waals surface area contributed by atoms with Gasteiger partial charge in [0.05, 0.1) is 31.8 Å². The number of nitrogens with one attached hydrogen (secondary N) is 2. The molecule has 320 valence electrons. The fraction of sp³-hybridized carbons (Fsp3) is 0.208. The number of carboxylic acid groups (broad SMARTS) is 1. The van der Waals surface area contributed by atoms with Gasteiger partial charge in [-0.3, -0.25) is 39.8 Å². The maximum Gasteiger partial charge on any atom is 0.319 e. The summed E-state index contributed by atoms with van der Waals surface area (Å²) in [6, 6.07) is 27.8. The van der Waals surface area contributed by atoms with Crippen molar-refractivity contribution in [2.45, 2.75) is 44.7 Å². The number of benzene rings is 4. The summed E-state index contributed by atoms with van der Waals surface area (Å²) in [4.78, 5) is 56.7. The molecule has 0 aliphatic heterocycles. The number of hydrogen-bond acceptors (Lipinski definition) is 9. The molecule has 0 amide bonds. The summed E-state index contributed by atoms with van der Waals surface area (Å²) in [5.41, 5.74) is 6.24. The molecule has 0 unspecified atom stereocenters. The van der Waals surface area contributed by atoms with Crippen molar-refractivity contribution in [2.75, 3.05) is 19.7 Å². The summed E-state index contributed by atoms with van der Waals surface area (Å²) in [6.07, 6.45) is 7.10. The van der Waals surface area contributed by atoms with Crippen LogP contribution < -0.4 is 10.6 Å². The molecule has 0 aliphatic carbocycles. The predicted molar refractivity (Wildman–Crippen MR) is 225 cm³/mol. The van der Waals surface area contributed by atoms with Gasteiger partial charge in [0.25, 0.3) is 0 Å². The zero-order valence-corrected chi connectivity index (χ0v) is 33.7. The summed E-state index contributed by atoms with van der Waals surface area (Å²) in [7, 11) is 0. The molecular weight excluding hydrogens is 805 g/mol. The molecule has 0 saturated carbocycles. The van der Waals surface area contributed by atoms with Crippen LogP contribution in [-0.2, 0) is 49.6 Å². The smallest absolute Gasteiger partial charge is 0.319 e. The Morgan fingerprint density at radius 2 is 0.984 bits per heavy atom. The second kappa shape index (κ2) is 23.2. The number of pyridine rings is 2. The number of ketones is 2. The maximum absolute atomic E-state index is 13.6. The number of aliphatic carboxylic acids is 1. The Morgan fingerprint density at radius 3 is 1.39 bits per heavy atom. The summed E-state index contributed by atoms with van der Waals surface area (Å²) >= 11 is 0. The van der Waals surface area contributed by atoms with E-state index in [2.05, 4.69) is 20.6 Å². The van der Waals surface area contributed by atoms with Crippen molar-refractivity contribution in [3.63, 3.8) is 0 Å². The molecule has 0 radical (unpaired) electrons. The van der Waals surface area contributed by atoms with Gasteiger partial charge >= 0.3 is 11.9 Å². The van der Waals surface area contributed by atoms with Crippen LogP contribution in [0, 0.1) is 23.3 Å². The highest BCUT2D eigenvalue weighted by Gasteiger charge is 2.23. The third-order valence-electron chi connectivity index (χ3n) is 9.56.